The lowest BCUT2D eigenvalue weighted by Crippen LogP contribution is -2.53. The van der Waals surface area contributed by atoms with E-state index in [1.807, 2.05) is 0 Å². The number of amides is 3. The largest absolute Gasteiger partial charge is 0.508 e. The van der Waals surface area contributed by atoms with Crippen LogP contribution in [0.2, 0.25) is 0 Å². The highest BCUT2D eigenvalue weighted by atomic mass is 32.1. The minimum absolute atomic E-state index is 0.0867. The molecule has 2 rings (SSSR count). The fourth-order valence-electron chi connectivity index (χ4n) is 2.36. The van der Waals surface area contributed by atoms with Crippen LogP contribution in [-0.2, 0) is 27.4 Å². The molecule has 2 atom stereocenters. The van der Waals surface area contributed by atoms with Crippen molar-refractivity contribution in [2.24, 2.45) is 5.73 Å². The molecule has 1 aromatic heterocycles. The summed E-state index contributed by atoms with van der Waals surface area (Å²) in [5.74, 6) is -1.63. The van der Waals surface area contributed by atoms with E-state index in [0.29, 0.717) is 15.6 Å². The van der Waals surface area contributed by atoms with Gasteiger partial charge in [0, 0.05) is 12.6 Å². The van der Waals surface area contributed by atoms with E-state index >= 15 is 0 Å². The highest BCUT2D eigenvalue weighted by Crippen LogP contribution is 2.17. The number of thiazole rings is 1. The standard InChI is InChI=1S/C18H23N5O5S/c1-10(22-15(26)8-21-18-20-7-13(9-24)29-18)17(28)23-14(16(19)27)6-11-2-4-12(25)5-3-11/h2-5,7,10,14,24-25H,6,8-9H2,1H3,(H2,19,27)(H,20,21)(H,22,26)(H,23,28). The van der Waals surface area contributed by atoms with Gasteiger partial charge >= 0.3 is 0 Å². The van der Waals surface area contributed by atoms with E-state index in [1.165, 1.54) is 36.6 Å². The van der Waals surface area contributed by atoms with Gasteiger partial charge in [0.25, 0.3) is 0 Å². The predicted molar refractivity (Wildman–Crippen MR) is 107 cm³/mol. The van der Waals surface area contributed by atoms with Gasteiger partial charge in [0.2, 0.25) is 17.7 Å². The minimum Gasteiger partial charge on any atom is -0.508 e. The van der Waals surface area contributed by atoms with Crippen LogP contribution in [0.3, 0.4) is 0 Å². The van der Waals surface area contributed by atoms with E-state index in [0.717, 1.165) is 0 Å². The molecular weight excluding hydrogens is 398 g/mol. The Bertz CT molecular complexity index is 855. The van der Waals surface area contributed by atoms with Gasteiger partial charge in [0.1, 0.15) is 17.8 Å². The monoisotopic (exact) mass is 421 g/mol. The number of primary amides is 1. The number of rotatable bonds is 10. The van der Waals surface area contributed by atoms with Gasteiger partial charge in [0.15, 0.2) is 5.13 Å². The molecule has 3 amide bonds. The SMILES string of the molecule is CC(NC(=O)CNc1ncc(CO)s1)C(=O)NC(Cc1ccc(O)cc1)C(N)=O. The molecule has 7 N–H and O–H groups in total. The van der Waals surface area contributed by atoms with Crippen LogP contribution in [0.1, 0.15) is 17.4 Å². The summed E-state index contributed by atoms with van der Waals surface area (Å²) in [5, 5.41) is 26.6. The van der Waals surface area contributed by atoms with E-state index in [-0.39, 0.29) is 25.3 Å². The maximum atomic E-state index is 12.3. The number of hydrogen-bond acceptors (Lipinski definition) is 8. The van der Waals surface area contributed by atoms with Crippen LogP contribution < -0.4 is 21.7 Å². The number of benzene rings is 1. The average molecular weight is 421 g/mol. The number of carbonyl (C=O) groups is 3. The van der Waals surface area contributed by atoms with Gasteiger partial charge in [-0.15, -0.1) is 0 Å². The zero-order valence-electron chi connectivity index (χ0n) is 15.7. The zero-order valence-corrected chi connectivity index (χ0v) is 16.5. The van der Waals surface area contributed by atoms with Crippen molar-refractivity contribution in [3.8, 4) is 5.75 Å². The molecule has 10 nitrogen and oxygen atoms in total. The third-order valence-electron chi connectivity index (χ3n) is 3.92. The average Bonchev–Trinajstić information content (AvgIpc) is 3.15. The molecular formula is C18H23N5O5S. The molecule has 0 saturated heterocycles. The zero-order chi connectivity index (χ0) is 21.4. The molecule has 2 unspecified atom stereocenters. The first-order valence-electron chi connectivity index (χ1n) is 8.75. The Kier molecular flexibility index (Phi) is 7.92. The van der Waals surface area contributed by atoms with Crippen molar-refractivity contribution in [3.05, 3.63) is 40.9 Å². The molecule has 1 aromatic carbocycles. The molecule has 0 aliphatic heterocycles. The second-order valence-electron chi connectivity index (χ2n) is 6.27. The number of anilines is 1. The number of phenols is 1. The molecule has 29 heavy (non-hydrogen) atoms. The summed E-state index contributed by atoms with van der Waals surface area (Å²) >= 11 is 1.21. The van der Waals surface area contributed by atoms with E-state index in [1.54, 1.807) is 12.1 Å². The number of hydrogen-bond donors (Lipinski definition) is 6. The van der Waals surface area contributed by atoms with Crippen LogP contribution in [0.4, 0.5) is 5.13 Å². The van der Waals surface area contributed by atoms with Crippen LogP contribution in [0.25, 0.3) is 0 Å². The van der Waals surface area contributed by atoms with Crippen molar-refractivity contribution in [3.63, 3.8) is 0 Å². The molecule has 0 radical (unpaired) electrons. The molecule has 2 aromatic rings. The van der Waals surface area contributed by atoms with Crippen LogP contribution in [0.5, 0.6) is 5.75 Å². The molecule has 0 bridgehead atoms. The van der Waals surface area contributed by atoms with Crippen LogP contribution in [0.15, 0.2) is 30.5 Å². The summed E-state index contributed by atoms with van der Waals surface area (Å²) in [4.78, 5) is 40.7. The van der Waals surface area contributed by atoms with Gasteiger partial charge in [-0.3, -0.25) is 14.4 Å². The quantitative estimate of drug-likeness (QED) is 0.300. The summed E-state index contributed by atoms with van der Waals surface area (Å²) in [5.41, 5.74) is 6.07. The van der Waals surface area contributed by atoms with Gasteiger partial charge in [-0.1, -0.05) is 23.5 Å². The molecule has 0 aliphatic rings. The minimum atomic E-state index is -0.961. The molecule has 156 valence electrons. The maximum absolute atomic E-state index is 12.3. The molecule has 0 saturated carbocycles. The van der Waals surface area contributed by atoms with Crippen LogP contribution in [-0.4, -0.2) is 51.5 Å². The Morgan fingerprint density at radius 2 is 1.90 bits per heavy atom. The lowest BCUT2D eigenvalue weighted by Gasteiger charge is -2.19. The lowest BCUT2D eigenvalue weighted by molar-refractivity contribution is -0.130. The van der Waals surface area contributed by atoms with Crippen LogP contribution in [0, 0.1) is 0 Å². The third kappa shape index (κ3) is 7.05. The van der Waals surface area contributed by atoms with Crippen molar-refractivity contribution in [1.29, 1.82) is 0 Å². The summed E-state index contributed by atoms with van der Waals surface area (Å²) in [6, 6.07) is 4.32. The fourth-order valence-corrected chi connectivity index (χ4v) is 3.03. The van der Waals surface area contributed by atoms with E-state index in [9.17, 15) is 19.5 Å². The van der Waals surface area contributed by atoms with Crippen molar-refractivity contribution < 1.29 is 24.6 Å². The predicted octanol–water partition coefficient (Wildman–Crippen LogP) is -0.530. The van der Waals surface area contributed by atoms with E-state index in [4.69, 9.17) is 10.8 Å². The molecule has 0 spiro atoms. The van der Waals surface area contributed by atoms with Crippen molar-refractivity contribution in [2.45, 2.75) is 32.0 Å². The molecule has 11 heteroatoms. The second kappa shape index (κ2) is 10.4. The van der Waals surface area contributed by atoms with Gasteiger partial charge < -0.3 is 31.9 Å². The lowest BCUT2D eigenvalue weighted by atomic mass is 10.0. The normalized spacial score (nSPS) is 12.6. The number of nitrogens with one attached hydrogen (secondary N) is 3. The van der Waals surface area contributed by atoms with Crippen LogP contribution >= 0.6 is 11.3 Å². The van der Waals surface area contributed by atoms with Gasteiger partial charge in [0.05, 0.1) is 18.0 Å². The Morgan fingerprint density at radius 3 is 2.48 bits per heavy atom. The number of nitrogens with two attached hydrogens (primary N) is 1. The maximum Gasteiger partial charge on any atom is 0.242 e. The Hall–Kier alpha value is -3.18. The Morgan fingerprint density at radius 1 is 1.21 bits per heavy atom. The number of phenolic OH excluding ortho intramolecular Hbond substituents is 1. The number of nitrogens with zero attached hydrogens (tertiary/aromatic N) is 1. The highest BCUT2D eigenvalue weighted by molar-refractivity contribution is 7.15. The van der Waals surface area contributed by atoms with Crippen molar-refractivity contribution in [2.75, 3.05) is 11.9 Å². The van der Waals surface area contributed by atoms with E-state index < -0.39 is 29.8 Å². The third-order valence-corrected chi connectivity index (χ3v) is 4.86. The number of aromatic nitrogens is 1. The fraction of sp³-hybridized carbons (Fsp3) is 0.333. The number of aromatic hydroxyl groups is 1. The second-order valence-corrected chi connectivity index (χ2v) is 7.38. The molecule has 0 aliphatic carbocycles. The van der Waals surface area contributed by atoms with E-state index in [2.05, 4.69) is 20.9 Å². The summed E-state index contributed by atoms with van der Waals surface area (Å²) in [6.45, 7) is 1.25. The molecule has 0 fully saturated rings. The van der Waals surface area contributed by atoms with Crippen molar-refractivity contribution >= 4 is 34.2 Å². The number of carbonyl (C=O) groups excluding carboxylic acids is 3. The first kappa shape index (κ1) is 22.1. The highest BCUT2D eigenvalue weighted by Gasteiger charge is 2.23. The first-order valence-corrected chi connectivity index (χ1v) is 9.56. The first-order chi connectivity index (χ1) is 13.8. The Labute approximate surface area is 171 Å². The van der Waals surface area contributed by atoms with Crippen molar-refractivity contribution in [1.82, 2.24) is 15.6 Å². The topological polar surface area (TPSA) is 167 Å². The van der Waals surface area contributed by atoms with Gasteiger partial charge in [-0.2, -0.15) is 0 Å². The van der Waals surface area contributed by atoms with Gasteiger partial charge in [-0.25, -0.2) is 4.98 Å². The molecule has 1 heterocycles. The summed E-state index contributed by atoms with van der Waals surface area (Å²) in [7, 11) is 0. The van der Waals surface area contributed by atoms with Gasteiger partial charge in [-0.05, 0) is 24.6 Å². The Balaban J connectivity index is 1.84. The smallest absolute Gasteiger partial charge is 0.242 e. The number of aliphatic hydroxyl groups is 1. The summed E-state index contributed by atoms with van der Waals surface area (Å²) in [6.07, 6.45) is 1.65. The number of aliphatic hydroxyl groups excluding tert-OH is 1. The summed E-state index contributed by atoms with van der Waals surface area (Å²) < 4.78 is 0.